The molecule has 50 heavy (non-hydrogen) atoms. The third-order valence-corrected chi connectivity index (χ3v) is 6.12. The summed E-state index contributed by atoms with van der Waals surface area (Å²) >= 11 is 0. The predicted octanol–water partition coefficient (Wildman–Crippen LogP) is 5.33. The fraction of sp³-hybridized carbons (Fsp3) is 0.471. The lowest BCUT2D eigenvalue weighted by atomic mass is 10.2. The molecule has 0 fully saturated rings. The summed E-state index contributed by atoms with van der Waals surface area (Å²) < 4.78 is 42.1. The van der Waals surface area contributed by atoms with Gasteiger partial charge in [-0.2, -0.15) is 0 Å². The number of para-hydroxylation sites is 2. The normalized spacial score (nSPS) is 10.2. The fourth-order valence-electron chi connectivity index (χ4n) is 3.77. The van der Waals surface area contributed by atoms with Crippen molar-refractivity contribution >= 4 is 35.8 Å². The van der Waals surface area contributed by atoms with Crippen molar-refractivity contribution in [2.75, 3.05) is 27.2 Å². The summed E-state index contributed by atoms with van der Waals surface area (Å²) in [6.45, 7) is 4.90. The molecule has 0 N–H and O–H groups in total. The Morgan fingerprint density at radius 3 is 1.04 bits per heavy atom. The number of hydrogen-bond donors (Lipinski definition) is 0. The summed E-state index contributed by atoms with van der Waals surface area (Å²) in [6.07, 6.45) is 2.76. The third-order valence-electron chi connectivity index (χ3n) is 6.12. The van der Waals surface area contributed by atoms with Gasteiger partial charge in [-0.25, -0.2) is 19.4 Å². The molecule has 2 aromatic rings. The molecule has 0 unspecified atom stereocenters. The van der Waals surface area contributed by atoms with Crippen LogP contribution in [0.15, 0.2) is 36.4 Å². The first-order valence-corrected chi connectivity index (χ1v) is 16.0. The van der Waals surface area contributed by atoms with Crippen LogP contribution in [0.3, 0.4) is 0 Å². The molecular formula is C34H42O16. The zero-order valence-corrected chi connectivity index (χ0v) is 28.5. The Bertz CT molecular complexity index is 1330. The van der Waals surface area contributed by atoms with Crippen LogP contribution in [0.5, 0.6) is 23.0 Å². The van der Waals surface area contributed by atoms with E-state index < -0.39 is 63.0 Å². The summed E-state index contributed by atoms with van der Waals surface area (Å²) in [5.74, 6) is -5.30. The molecule has 0 aliphatic heterocycles. The number of esters is 4. The standard InChI is InChI=1S/C34H42O16/c1-5-11-27(35)43-19-41-25-17-9-15-23(31(25)47-21-45-29(37)13-7-3)33(39)49-50-34(40)24-16-10-18-26(42-20-44-28(36)12-6-2)32(24)48-22-46-30(38)14-8-4/h9-10,15-18H,5-8,11-14,19-22H2,1-4H3. The Hall–Kier alpha value is -5.54. The Labute approximate surface area is 289 Å². The van der Waals surface area contributed by atoms with Gasteiger partial charge in [0.15, 0.2) is 23.0 Å². The molecule has 0 aromatic heterocycles. The first-order chi connectivity index (χ1) is 24.1. The lowest BCUT2D eigenvalue weighted by Crippen LogP contribution is -2.17. The first-order valence-electron chi connectivity index (χ1n) is 16.0. The number of hydrogen-bond acceptors (Lipinski definition) is 16. The molecule has 274 valence electrons. The highest BCUT2D eigenvalue weighted by Crippen LogP contribution is 2.34. The van der Waals surface area contributed by atoms with E-state index in [0.29, 0.717) is 25.7 Å². The van der Waals surface area contributed by atoms with E-state index in [9.17, 15) is 28.8 Å². The first kappa shape index (κ1) is 40.6. The second-order valence-corrected chi connectivity index (χ2v) is 10.1. The van der Waals surface area contributed by atoms with Gasteiger partial charge < -0.3 is 37.9 Å². The van der Waals surface area contributed by atoms with Gasteiger partial charge in [-0.15, -0.1) is 0 Å². The van der Waals surface area contributed by atoms with Crippen LogP contribution in [-0.2, 0) is 47.9 Å². The summed E-state index contributed by atoms with van der Waals surface area (Å²) in [5, 5.41) is 0. The number of ether oxygens (including phenoxy) is 8. The minimum Gasteiger partial charge on any atom is -0.453 e. The van der Waals surface area contributed by atoms with Crippen molar-refractivity contribution < 1.29 is 76.4 Å². The molecular weight excluding hydrogens is 664 g/mol. The van der Waals surface area contributed by atoms with Crippen LogP contribution in [0, 0.1) is 0 Å². The minimum absolute atomic E-state index is 0.0839. The fourth-order valence-corrected chi connectivity index (χ4v) is 3.77. The SMILES string of the molecule is CCCC(=O)OCOc1cccc(C(=O)OOC(=O)c2cccc(OCOC(=O)CCC)c2OCOC(=O)CCC)c1OCOC(=O)CCC. The van der Waals surface area contributed by atoms with E-state index in [1.165, 1.54) is 36.4 Å². The van der Waals surface area contributed by atoms with Crippen molar-refractivity contribution in [1.82, 2.24) is 0 Å². The van der Waals surface area contributed by atoms with Crippen LogP contribution >= 0.6 is 0 Å². The molecule has 16 nitrogen and oxygen atoms in total. The van der Waals surface area contributed by atoms with E-state index in [4.69, 9.17) is 47.7 Å². The molecule has 0 bridgehead atoms. The molecule has 16 heteroatoms. The average molecular weight is 707 g/mol. The maximum atomic E-state index is 13.1. The van der Waals surface area contributed by atoms with Crippen LogP contribution in [0.25, 0.3) is 0 Å². The highest BCUT2D eigenvalue weighted by atomic mass is 17.2. The molecule has 0 radical (unpaired) electrons. The molecule has 0 atom stereocenters. The quantitative estimate of drug-likeness (QED) is 0.0500. The number of benzene rings is 2. The van der Waals surface area contributed by atoms with Gasteiger partial charge in [0.25, 0.3) is 0 Å². The zero-order chi connectivity index (χ0) is 36.7. The van der Waals surface area contributed by atoms with Crippen molar-refractivity contribution in [2.24, 2.45) is 0 Å². The van der Waals surface area contributed by atoms with E-state index in [2.05, 4.69) is 0 Å². The number of rotatable bonds is 22. The summed E-state index contributed by atoms with van der Waals surface area (Å²) in [6, 6.07) is 8.06. The second kappa shape index (κ2) is 22.9. The van der Waals surface area contributed by atoms with E-state index in [1.54, 1.807) is 27.7 Å². The molecule has 0 spiro atoms. The molecule has 2 rings (SSSR count). The zero-order valence-electron chi connectivity index (χ0n) is 28.5. The minimum atomic E-state index is -1.23. The van der Waals surface area contributed by atoms with Gasteiger partial charge >= 0.3 is 35.8 Å². The Balaban J connectivity index is 2.26. The average Bonchev–Trinajstić information content (AvgIpc) is 3.08. The largest absolute Gasteiger partial charge is 0.453 e. The highest BCUT2D eigenvalue weighted by molar-refractivity contribution is 5.96. The van der Waals surface area contributed by atoms with Crippen LogP contribution in [-0.4, -0.2) is 63.0 Å². The van der Waals surface area contributed by atoms with E-state index in [-0.39, 0.29) is 59.8 Å². The molecule has 0 heterocycles. The lowest BCUT2D eigenvalue weighted by Gasteiger charge is -2.16. The Kier molecular flexibility index (Phi) is 18.6. The van der Waals surface area contributed by atoms with E-state index >= 15 is 0 Å². The highest BCUT2D eigenvalue weighted by Gasteiger charge is 2.25. The van der Waals surface area contributed by atoms with Gasteiger partial charge in [0, 0.05) is 25.7 Å². The van der Waals surface area contributed by atoms with Crippen molar-refractivity contribution in [2.45, 2.75) is 79.1 Å². The van der Waals surface area contributed by atoms with Gasteiger partial charge in [-0.3, -0.25) is 19.2 Å². The van der Waals surface area contributed by atoms with Gasteiger partial charge in [0.1, 0.15) is 11.1 Å². The van der Waals surface area contributed by atoms with Crippen molar-refractivity contribution in [3.05, 3.63) is 47.5 Å². The summed E-state index contributed by atoms with van der Waals surface area (Å²) in [7, 11) is 0. The summed E-state index contributed by atoms with van der Waals surface area (Å²) in [5.41, 5.74) is -0.626. The van der Waals surface area contributed by atoms with Crippen molar-refractivity contribution in [1.29, 1.82) is 0 Å². The molecule has 0 aliphatic rings. The van der Waals surface area contributed by atoms with E-state index in [1.807, 2.05) is 0 Å². The van der Waals surface area contributed by atoms with Gasteiger partial charge in [-0.05, 0) is 49.9 Å². The Morgan fingerprint density at radius 1 is 0.440 bits per heavy atom. The van der Waals surface area contributed by atoms with Gasteiger partial charge in [-0.1, -0.05) is 39.8 Å². The molecule has 0 saturated carbocycles. The number of carbonyl (C=O) groups is 6. The van der Waals surface area contributed by atoms with Crippen LogP contribution in [0.1, 0.15) is 99.8 Å². The maximum absolute atomic E-state index is 13.1. The summed E-state index contributed by atoms with van der Waals surface area (Å²) in [4.78, 5) is 83.2. The van der Waals surface area contributed by atoms with Crippen molar-refractivity contribution in [3.8, 4) is 23.0 Å². The van der Waals surface area contributed by atoms with Crippen molar-refractivity contribution in [3.63, 3.8) is 0 Å². The third kappa shape index (κ3) is 14.3. The van der Waals surface area contributed by atoms with Crippen LogP contribution in [0.4, 0.5) is 0 Å². The molecule has 0 saturated heterocycles. The predicted molar refractivity (Wildman–Crippen MR) is 170 cm³/mol. The molecule has 0 aliphatic carbocycles. The number of carbonyl (C=O) groups excluding carboxylic acids is 6. The second-order valence-electron chi connectivity index (χ2n) is 10.1. The van der Waals surface area contributed by atoms with E-state index in [0.717, 1.165) is 0 Å². The monoisotopic (exact) mass is 706 g/mol. The molecule has 2 aromatic carbocycles. The molecule has 0 amide bonds. The smallest absolute Gasteiger partial charge is 0.390 e. The lowest BCUT2D eigenvalue weighted by molar-refractivity contribution is -0.188. The van der Waals surface area contributed by atoms with Gasteiger partial charge in [0.2, 0.25) is 27.2 Å². The van der Waals surface area contributed by atoms with Gasteiger partial charge in [0.05, 0.1) is 0 Å². The maximum Gasteiger partial charge on any atom is 0.390 e. The topological polar surface area (TPSA) is 195 Å². The Morgan fingerprint density at radius 2 is 0.740 bits per heavy atom. The van der Waals surface area contributed by atoms with Crippen LogP contribution in [0.2, 0.25) is 0 Å². The van der Waals surface area contributed by atoms with Crippen LogP contribution < -0.4 is 18.9 Å².